The van der Waals surface area contributed by atoms with E-state index < -0.39 is 5.97 Å². The van der Waals surface area contributed by atoms with E-state index in [0.29, 0.717) is 11.4 Å². The Kier molecular flexibility index (Phi) is 5.68. The Morgan fingerprint density at radius 2 is 2.12 bits per heavy atom. The second-order valence-electron chi connectivity index (χ2n) is 6.03. The van der Waals surface area contributed by atoms with Crippen molar-refractivity contribution >= 4 is 23.3 Å². The fraction of sp³-hybridized carbons (Fsp3) is 0.316. The number of ether oxygens (including phenoxy) is 1. The Hall–Kier alpha value is -3.27. The maximum absolute atomic E-state index is 12.2. The minimum Gasteiger partial charge on any atom is -0.464 e. The minimum atomic E-state index is -0.641. The molecule has 0 aliphatic rings. The molecular formula is C19H22N4O3. The molecule has 1 atom stereocenters. The van der Waals surface area contributed by atoms with Gasteiger partial charge in [0.1, 0.15) is 6.07 Å². The number of aromatic nitrogens is 1. The lowest BCUT2D eigenvalue weighted by atomic mass is 10.1. The van der Waals surface area contributed by atoms with Crippen LogP contribution in [0.1, 0.15) is 41.9 Å². The lowest BCUT2D eigenvalue weighted by Crippen LogP contribution is -2.20. The molecule has 0 spiro atoms. The van der Waals surface area contributed by atoms with Crippen molar-refractivity contribution in [3.63, 3.8) is 0 Å². The van der Waals surface area contributed by atoms with E-state index in [-0.39, 0.29) is 28.8 Å². The zero-order valence-electron chi connectivity index (χ0n) is 15.3. The van der Waals surface area contributed by atoms with E-state index in [9.17, 15) is 14.9 Å². The lowest BCUT2D eigenvalue weighted by Gasteiger charge is -2.16. The molecule has 26 heavy (non-hydrogen) atoms. The number of nitrogens with zero attached hydrogens (tertiary/aromatic N) is 2. The first-order valence-corrected chi connectivity index (χ1v) is 8.25. The van der Waals surface area contributed by atoms with Gasteiger partial charge < -0.3 is 20.4 Å². The van der Waals surface area contributed by atoms with Crippen molar-refractivity contribution in [1.29, 1.82) is 5.26 Å². The Bertz CT molecular complexity index is 893. The molecule has 1 heterocycles. The highest BCUT2D eigenvalue weighted by Gasteiger charge is 2.23. The van der Waals surface area contributed by atoms with Gasteiger partial charge in [0.15, 0.2) is 5.69 Å². The van der Waals surface area contributed by atoms with Gasteiger partial charge in [-0.15, -0.1) is 0 Å². The van der Waals surface area contributed by atoms with E-state index in [2.05, 4.69) is 5.32 Å². The number of methoxy groups -OCH3 is 1. The number of esters is 1. The zero-order valence-corrected chi connectivity index (χ0v) is 15.3. The maximum Gasteiger partial charge on any atom is 0.357 e. The Labute approximate surface area is 152 Å². The largest absolute Gasteiger partial charge is 0.464 e. The van der Waals surface area contributed by atoms with E-state index >= 15 is 0 Å². The molecule has 7 nitrogen and oxygen atoms in total. The third kappa shape index (κ3) is 3.40. The fourth-order valence-corrected chi connectivity index (χ4v) is 2.57. The Morgan fingerprint density at radius 3 is 2.69 bits per heavy atom. The van der Waals surface area contributed by atoms with Gasteiger partial charge >= 0.3 is 5.97 Å². The molecule has 0 aliphatic carbocycles. The van der Waals surface area contributed by atoms with Crippen molar-refractivity contribution in [3.8, 4) is 11.8 Å². The average molecular weight is 354 g/mol. The molecule has 3 N–H and O–H groups in total. The van der Waals surface area contributed by atoms with Crippen LogP contribution >= 0.6 is 0 Å². The van der Waals surface area contributed by atoms with Crippen molar-refractivity contribution in [2.75, 3.05) is 18.2 Å². The highest BCUT2D eigenvalue weighted by Crippen LogP contribution is 2.29. The van der Waals surface area contributed by atoms with Crippen LogP contribution in [0.25, 0.3) is 5.69 Å². The smallest absolute Gasteiger partial charge is 0.357 e. The van der Waals surface area contributed by atoms with Crippen LogP contribution in [0, 0.1) is 24.2 Å². The average Bonchev–Trinajstić information content (AvgIpc) is 2.98. The summed E-state index contributed by atoms with van der Waals surface area (Å²) in [5, 5.41) is 12.1. The van der Waals surface area contributed by atoms with Crippen LogP contribution in [-0.2, 0) is 9.53 Å². The van der Waals surface area contributed by atoms with E-state index in [4.69, 9.17) is 10.5 Å². The SMILES string of the molecule is CCC(C)C(=O)Nc1cccc(-n2cc(C#N)c(N)c2C(=O)OC)c1C. The molecule has 0 radical (unpaired) electrons. The number of nitrogens with one attached hydrogen (secondary N) is 1. The zero-order chi connectivity index (χ0) is 19.4. The molecule has 1 amide bonds. The van der Waals surface area contributed by atoms with Crippen LogP contribution in [0.2, 0.25) is 0 Å². The van der Waals surface area contributed by atoms with Gasteiger partial charge in [0.25, 0.3) is 0 Å². The highest BCUT2D eigenvalue weighted by atomic mass is 16.5. The number of rotatable bonds is 5. The number of benzene rings is 1. The van der Waals surface area contributed by atoms with Crippen molar-refractivity contribution in [2.45, 2.75) is 27.2 Å². The van der Waals surface area contributed by atoms with E-state index in [1.165, 1.54) is 17.9 Å². The quantitative estimate of drug-likeness (QED) is 0.802. The van der Waals surface area contributed by atoms with Crippen LogP contribution in [0.4, 0.5) is 11.4 Å². The van der Waals surface area contributed by atoms with Crippen LogP contribution in [0.15, 0.2) is 24.4 Å². The van der Waals surface area contributed by atoms with E-state index in [0.717, 1.165) is 12.0 Å². The number of carbonyl (C=O) groups excluding carboxylic acids is 2. The van der Waals surface area contributed by atoms with Crippen molar-refractivity contribution in [1.82, 2.24) is 4.57 Å². The van der Waals surface area contributed by atoms with Gasteiger partial charge in [-0.1, -0.05) is 19.9 Å². The van der Waals surface area contributed by atoms with Gasteiger partial charge in [-0.2, -0.15) is 5.26 Å². The summed E-state index contributed by atoms with van der Waals surface area (Å²) in [5.74, 6) is -0.834. The molecule has 1 unspecified atom stereocenters. The molecule has 1 aromatic carbocycles. The summed E-state index contributed by atoms with van der Waals surface area (Å²) in [6, 6.07) is 7.30. The Balaban J connectivity index is 2.57. The van der Waals surface area contributed by atoms with Crippen LogP contribution in [0.3, 0.4) is 0 Å². The number of hydrogen-bond acceptors (Lipinski definition) is 5. The first-order valence-electron chi connectivity index (χ1n) is 8.25. The molecule has 136 valence electrons. The number of nitriles is 1. The highest BCUT2D eigenvalue weighted by molar-refractivity contribution is 5.97. The van der Waals surface area contributed by atoms with Crippen LogP contribution in [0.5, 0.6) is 0 Å². The van der Waals surface area contributed by atoms with Gasteiger partial charge in [-0.3, -0.25) is 4.79 Å². The fourth-order valence-electron chi connectivity index (χ4n) is 2.57. The van der Waals surface area contributed by atoms with Gasteiger partial charge in [-0.25, -0.2) is 4.79 Å². The molecule has 0 aliphatic heterocycles. The third-order valence-electron chi connectivity index (χ3n) is 4.43. The second-order valence-corrected chi connectivity index (χ2v) is 6.03. The predicted molar refractivity (Wildman–Crippen MR) is 99.1 cm³/mol. The molecular weight excluding hydrogens is 332 g/mol. The summed E-state index contributed by atoms with van der Waals surface area (Å²) in [6.45, 7) is 5.63. The van der Waals surface area contributed by atoms with Gasteiger partial charge in [0.2, 0.25) is 5.91 Å². The number of amides is 1. The third-order valence-corrected chi connectivity index (χ3v) is 4.43. The molecule has 0 saturated carbocycles. The van der Waals surface area contributed by atoms with Gasteiger partial charge in [0, 0.05) is 17.8 Å². The second kappa shape index (κ2) is 7.74. The number of nitrogen functional groups attached to an aromatic ring is 1. The summed E-state index contributed by atoms with van der Waals surface area (Å²) >= 11 is 0. The number of anilines is 2. The summed E-state index contributed by atoms with van der Waals surface area (Å²) in [6.07, 6.45) is 2.22. The molecule has 0 saturated heterocycles. The minimum absolute atomic E-state index is 0.0628. The standard InChI is InChI=1S/C19H22N4O3/c1-5-11(2)18(24)22-14-7-6-8-15(12(14)3)23-10-13(9-20)16(21)17(23)19(25)26-4/h6-8,10-11H,5,21H2,1-4H3,(H,22,24). The van der Waals surface area contributed by atoms with Crippen LogP contribution in [-0.4, -0.2) is 23.6 Å². The van der Waals surface area contributed by atoms with E-state index in [1.807, 2.05) is 26.8 Å². The lowest BCUT2D eigenvalue weighted by molar-refractivity contribution is -0.119. The maximum atomic E-state index is 12.2. The molecule has 2 rings (SSSR count). The van der Waals surface area contributed by atoms with Crippen molar-refractivity contribution < 1.29 is 14.3 Å². The summed E-state index contributed by atoms with van der Waals surface area (Å²) in [7, 11) is 1.25. The van der Waals surface area contributed by atoms with E-state index in [1.54, 1.807) is 18.2 Å². The number of hydrogen-bond donors (Lipinski definition) is 2. The topological polar surface area (TPSA) is 110 Å². The molecule has 7 heteroatoms. The number of carbonyl (C=O) groups is 2. The first-order chi connectivity index (χ1) is 12.3. The monoisotopic (exact) mass is 354 g/mol. The molecule has 0 fully saturated rings. The summed E-state index contributed by atoms with van der Waals surface area (Å²) in [5.41, 5.74) is 8.27. The first kappa shape index (κ1) is 19.1. The summed E-state index contributed by atoms with van der Waals surface area (Å²) in [4.78, 5) is 24.4. The van der Waals surface area contributed by atoms with Crippen LogP contribution < -0.4 is 11.1 Å². The van der Waals surface area contributed by atoms with Crippen molar-refractivity contribution in [3.05, 3.63) is 41.2 Å². The predicted octanol–water partition coefficient (Wildman–Crippen LogP) is 3.01. The number of nitrogens with two attached hydrogens (primary N) is 1. The summed E-state index contributed by atoms with van der Waals surface area (Å²) < 4.78 is 6.32. The van der Waals surface area contributed by atoms with Crippen molar-refractivity contribution in [2.24, 2.45) is 5.92 Å². The van der Waals surface area contributed by atoms with Gasteiger partial charge in [-0.05, 0) is 31.0 Å². The molecule has 0 bridgehead atoms. The normalized spacial score (nSPS) is 11.5. The Morgan fingerprint density at radius 1 is 1.42 bits per heavy atom. The molecule has 1 aromatic heterocycles. The van der Waals surface area contributed by atoms with Gasteiger partial charge in [0.05, 0.1) is 24.0 Å². The molecule has 2 aromatic rings.